The van der Waals surface area contributed by atoms with E-state index in [2.05, 4.69) is 9.88 Å². The SMILES string of the molecule is NC(=O)c1ccc(N2CCC2)nc1. The van der Waals surface area contributed by atoms with E-state index >= 15 is 0 Å². The van der Waals surface area contributed by atoms with Crippen molar-refractivity contribution in [3.05, 3.63) is 23.9 Å². The molecule has 2 heterocycles. The lowest BCUT2D eigenvalue weighted by atomic mass is 10.2. The van der Waals surface area contributed by atoms with Crippen LogP contribution in [0.5, 0.6) is 0 Å². The minimum atomic E-state index is -0.428. The van der Waals surface area contributed by atoms with Gasteiger partial charge in [0.05, 0.1) is 5.56 Å². The van der Waals surface area contributed by atoms with Crippen molar-refractivity contribution in [2.45, 2.75) is 6.42 Å². The number of nitrogens with two attached hydrogens (primary N) is 1. The lowest BCUT2D eigenvalue weighted by molar-refractivity contribution is 0.1000. The number of nitrogens with zero attached hydrogens (tertiary/aromatic N) is 2. The Hall–Kier alpha value is -1.58. The third-order valence-electron chi connectivity index (χ3n) is 2.21. The van der Waals surface area contributed by atoms with Crippen LogP contribution >= 0.6 is 0 Å². The van der Waals surface area contributed by atoms with Crippen LogP contribution in [0.4, 0.5) is 5.82 Å². The summed E-state index contributed by atoms with van der Waals surface area (Å²) in [5.74, 6) is 0.499. The molecule has 0 bridgehead atoms. The van der Waals surface area contributed by atoms with Gasteiger partial charge in [0.1, 0.15) is 5.82 Å². The Morgan fingerprint density at radius 3 is 2.62 bits per heavy atom. The molecule has 1 aromatic rings. The van der Waals surface area contributed by atoms with E-state index in [1.165, 1.54) is 12.6 Å². The molecule has 2 N–H and O–H groups in total. The first-order chi connectivity index (χ1) is 6.27. The molecule has 0 radical (unpaired) electrons. The highest BCUT2D eigenvalue weighted by Gasteiger charge is 2.15. The van der Waals surface area contributed by atoms with Crippen molar-refractivity contribution in [2.75, 3.05) is 18.0 Å². The maximum atomic E-state index is 10.7. The first-order valence-electron chi connectivity index (χ1n) is 4.28. The summed E-state index contributed by atoms with van der Waals surface area (Å²) < 4.78 is 0. The van der Waals surface area contributed by atoms with Crippen LogP contribution in [0, 0.1) is 0 Å². The Balaban J connectivity index is 2.17. The molecule has 0 unspecified atom stereocenters. The number of aromatic nitrogens is 1. The highest BCUT2D eigenvalue weighted by molar-refractivity contribution is 5.92. The second kappa shape index (κ2) is 3.05. The molecule has 0 aliphatic carbocycles. The normalized spacial score (nSPS) is 15.2. The molecule has 0 saturated carbocycles. The largest absolute Gasteiger partial charge is 0.366 e. The molecule has 0 atom stereocenters. The maximum Gasteiger partial charge on any atom is 0.250 e. The number of carbonyl (C=O) groups is 1. The van der Waals surface area contributed by atoms with Crippen molar-refractivity contribution in [1.29, 1.82) is 0 Å². The summed E-state index contributed by atoms with van der Waals surface area (Å²) in [6, 6.07) is 3.54. The van der Waals surface area contributed by atoms with E-state index in [1.54, 1.807) is 6.07 Å². The number of anilines is 1. The third-order valence-corrected chi connectivity index (χ3v) is 2.21. The molecule has 68 valence electrons. The number of primary amides is 1. The van der Waals surface area contributed by atoms with Crippen LogP contribution in [0.1, 0.15) is 16.8 Å². The van der Waals surface area contributed by atoms with Gasteiger partial charge in [0, 0.05) is 19.3 Å². The molecule has 2 rings (SSSR count). The van der Waals surface area contributed by atoms with Gasteiger partial charge in [-0.05, 0) is 18.6 Å². The van der Waals surface area contributed by atoms with Crippen LogP contribution in [0.2, 0.25) is 0 Å². The molecule has 0 aromatic carbocycles. The van der Waals surface area contributed by atoms with Gasteiger partial charge in [0.15, 0.2) is 0 Å². The molecule has 4 heteroatoms. The number of hydrogen-bond acceptors (Lipinski definition) is 3. The summed E-state index contributed by atoms with van der Waals surface area (Å²) >= 11 is 0. The standard InChI is InChI=1S/C9H11N3O/c10-9(13)7-2-3-8(11-6-7)12-4-1-5-12/h2-3,6H,1,4-5H2,(H2,10,13). The smallest absolute Gasteiger partial charge is 0.250 e. The predicted molar refractivity (Wildman–Crippen MR) is 49.6 cm³/mol. The topological polar surface area (TPSA) is 59.2 Å². The minimum Gasteiger partial charge on any atom is -0.366 e. The van der Waals surface area contributed by atoms with Gasteiger partial charge in [-0.25, -0.2) is 4.98 Å². The zero-order valence-electron chi connectivity index (χ0n) is 7.23. The molecular formula is C9H11N3O. The van der Waals surface area contributed by atoms with Crippen molar-refractivity contribution in [2.24, 2.45) is 5.73 Å². The van der Waals surface area contributed by atoms with Gasteiger partial charge in [0.2, 0.25) is 5.91 Å². The fourth-order valence-corrected chi connectivity index (χ4v) is 1.26. The van der Waals surface area contributed by atoms with Crippen molar-refractivity contribution in [3.8, 4) is 0 Å². The van der Waals surface area contributed by atoms with Crippen LogP contribution in [0.25, 0.3) is 0 Å². The van der Waals surface area contributed by atoms with Gasteiger partial charge >= 0.3 is 0 Å². The summed E-state index contributed by atoms with van der Waals surface area (Å²) in [5.41, 5.74) is 5.56. The van der Waals surface area contributed by atoms with Gasteiger partial charge in [-0.15, -0.1) is 0 Å². The molecule has 1 aromatic heterocycles. The number of carbonyl (C=O) groups excluding carboxylic acids is 1. The Morgan fingerprint density at radius 1 is 1.46 bits per heavy atom. The van der Waals surface area contributed by atoms with E-state index in [0.717, 1.165) is 18.9 Å². The second-order valence-electron chi connectivity index (χ2n) is 3.11. The number of amides is 1. The Kier molecular flexibility index (Phi) is 1.88. The van der Waals surface area contributed by atoms with E-state index in [4.69, 9.17) is 5.73 Å². The number of rotatable bonds is 2. The predicted octanol–water partition coefficient (Wildman–Crippen LogP) is 0.391. The van der Waals surface area contributed by atoms with Crippen LogP contribution in [0.3, 0.4) is 0 Å². The van der Waals surface area contributed by atoms with Gasteiger partial charge in [0.25, 0.3) is 0 Å². The first-order valence-corrected chi connectivity index (χ1v) is 4.28. The summed E-state index contributed by atoms with van der Waals surface area (Å²) in [6.07, 6.45) is 2.75. The number of pyridine rings is 1. The maximum absolute atomic E-state index is 10.7. The van der Waals surface area contributed by atoms with E-state index in [-0.39, 0.29) is 0 Å². The van der Waals surface area contributed by atoms with Crippen molar-refractivity contribution < 1.29 is 4.79 Å². The third kappa shape index (κ3) is 1.47. The lowest BCUT2D eigenvalue weighted by Gasteiger charge is -2.31. The molecular weight excluding hydrogens is 166 g/mol. The van der Waals surface area contributed by atoms with Gasteiger partial charge in [-0.3, -0.25) is 4.79 Å². The molecule has 1 amide bonds. The molecule has 1 aliphatic rings. The van der Waals surface area contributed by atoms with Crippen LogP contribution in [0.15, 0.2) is 18.3 Å². The Morgan fingerprint density at radius 2 is 2.23 bits per heavy atom. The molecule has 0 spiro atoms. The summed E-state index contributed by atoms with van der Waals surface area (Å²) in [4.78, 5) is 17.0. The zero-order valence-corrected chi connectivity index (χ0v) is 7.23. The van der Waals surface area contributed by atoms with Crippen LogP contribution < -0.4 is 10.6 Å². The zero-order chi connectivity index (χ0) is 9.26. The lowest BCUT2D eigenvalue weighted by Crippen LogP contribution is -2.37. The van der Waals surface area contributed by atoms with E-state index < -0.39 is 5.91 Å². The Bertz CT molecular complexity index is 316. The molecule has 1 aliphatic heterocycles. The summed E-state index contributed by atoms with van der Waals surface area (Å²) in [7, 11) is 0. The molecule has 4 nitrogen and oxygen atoms in total. The monoisotopic (exact) mass is 177 g/mol. The first kappa shape index (κ1) is 8.04. The van der Waals surface area contributed by atoms with Crippen molar-refractivity contribution in [3.63, 3.8) is 0 Å². The van der Waals surface area contributed by atoms with Crippen LogP contribution in [-0.4, -0.2) is 24.0 Å². The van der Waals surface area contributed by atoms with Gasteiger partial charge in [-0.2, -0.15) is 0 Å². The fraction of sp³-hybridized carbons (Fsp3) is 0.333. The number of hydrogen-bond donors (Lipinski definition) is 1. The molecule has 1 saturated heterocycles. The van der Waals surface area contributed by atoms with Crippen molar-refractivity contribution >= 4 is 11.7 Å². The quantitative estimate of drug-likeness (QED) is 0.711. The fourth-order valence-electron chi connectivity index (χ4n) is 1.26. The van der Waals surface area contributed by atoms with Crippen LogP contribution in [-0.2, 0) is 0 Å². The van der Waals surface area contributed by atoms with E-state index in [1.807, 2.05) is 6.07 Å². The Labute approximate surface area is 76.4 Å². The van der Waals surface area contributed by atoms with Crippen molar-refractivity contribution in [1.82, 2.24) is 4.98 Å². The summed E-state index contributed by atoms with van der Waals surface area (Å²) in [6.45, 7) is 2.12. The summed E-state index contributed by atoms with van der Waals surface area (Å²) in [5, 5.41) is 0. The highest BCUT2D eigenvalue weighted by Crippen LogP contribution is 2.17. The second-order valence-corrected chi connectivity index (χ2v) is 3.11. The van der Waals surface area contributed by atoms with Gasteiger partial charge in [-0.1, -0.05) is 0 Å². The van der Waals surface area contributed by atoms with Gasteiger partial charge < -0.3 is 10.6 Å². The molecule has 1 fully saturated rings. The van der Waals surface area contributed by atoms with E-state index in [9.17, 15) is 4.79 Å². The average Bonchev–Trinajstić information content (AvgIpc) is 2.02. The average molecular weight is 177 g/mol. The van der Waals surface area contributed by atoms with E-state index in [0.29, 0.717) is 5.56 Å². The molecule has 13 heavy (non-hydrogen) atoms. The highest BCUT2D eigenvalue weighted by atomic mass is 16.1. The minimum absolute atomic E-state index is 0.428.